The Labute approximate surface area is 128 Å². The van der Waals surface area contributed by atoms with Crippen LogP contribution in [0.3, 0.4) is 0 Å². The first-order chi connectivity index (χ1) is 10.2. The Morgan fingerprint density at radius 3 is 2.57 bits per heavy atom. The Bertz CT molecular complexity index is 815. The topological polar surface area (TPSA) is 28.7 Å². The van der Waals surface area contributed by atoms with Crippen molar-refractivity contribution in [3.8, 4) is 0 Å². The van der Waals surface area contributed by atoms with Crippen LogP contribution in [0.2, 0.25) is 5.15 Å². The van der Waals surface area contributed by atoms with Crippen molar-refractivity contribution < 1.29 is 0 Å². The third-order valence-electron chi connectivity index (χ3n) is 3.26. The summed E-state index contributed by atoms with van der Waals surface area (Å²) in [4.78, 5) is 7.23. The first-order valence-electron chi connectivity index (χ1n) is 6.77. The van der Waals surface area contributed by atoms with Gasteiger partial charge < -0.3 is 4.98 Å². The summed E-state index contributed by atoms with van der Waals surface area (Å²) in [7, 11) is 0. The second-order valence-corrected chi connectivity index (χ2v) is 5.31. The normalized spacial score (nSPS) is 10.4. The van der Waals surface area contributed by atoms with Gasteiger partial charge in [0.2, 0.25) is 0 Å². The third kappa shape index (κ3) is 3.23. The van der Waals surface area contributed by atoms with Gasteiger partial charge in [-0.3, -0.25) is 4.98 Å². The number of halogens is 1. The molecule has 0 aliphatic carbocycles. The van der Waals surface area contributed by atoms with Gasteiger partial charge in [-0.05, 0) is 37.3 Å². The summed E-state index contributed by atoms with van der Waals surface area (Å²) in [5.41, 5.74) is 3.42. The second kappa shape index (κ2) is 5.98. The highest BCUT2D eigenvalue weighted by Crippen LogP contribution is 2.19. The van der Waals surface area contributed by atoms with E-state index in [9.17, 15) is 0 Å². The number of H-pyrrole nitrogens is 1. The zero-order valence-corrected chi connectivity index (χ0v) is 12.4. The van der Waals surface area contributed by atoms with Crippen LogP contribution in [0.25, 0.3) is 21.8 Å². The standard InChI is InChI=1S/C9H8ClN.C9H7N/c1-6-2-3-8-7(4-6)5-9(10)11-8;1-2-6-9-8(4-1)5-3-7-10-9/h2-5,11H,1H3;1-7H. The molecule has 0 radical (unpaired) electrons. The van der Waals surface area contributed by atoms with Gasteiger partial charge in [0.25, 0.3) is 0 Å². The molecule has 2 aromatic heterocycles. The number of para-hydroxylation sites is 1. The number of nitrogens with zero attached hydrogens (tertiary/aromatic N) is 1. The molecule has 0 unspecified atom stereocenters. The highest BCUT2D eigenvalue weighted by atomic mass is 35.5. The van der Waals surface area contributed by atoms with E-state index in [1.54, 1.807) is 0 Å². The Morgan fingerprint density at radius 1 is 0.905 bits per heavy atom. The van der Waals surface area contributed by atoms with Gasteiger partial charge in [-0.2, -0.15) is 0 Å². The number of fused-ring (bicyclic) bond motifs is 2. The summed E-state index contributed by atoms with van der Waals surface area (Å²) in [5, 5.41) is 3.07. The summed E-state index contributed by atoms with van der Waals surface area (Å²) >= 11 is 5.78. The first-order valence-corrected chi connectivity index (χ1v) is 7.15. The molecule has 0 saturated heterocycles. The van der Waals surface area contributed by atoms with Gasteiger partial charge >= 0.3 is 0 Å². The van der Waals surface area contributed by atoms with Crippen molar-refractivity contribution in [1.29, 1.82) is 0 Å². The number of nitrogens with one attached hydrogen (secondary N) is 1. The lowest BCUT2D eigenvalue weighted by Crippen LogP contribution is -1.73. The average Bonchev–Trinajstić information content (AvgIpc) is 2.87. The van der Waals surface area contributed by atoms with E-state index in [1.807, 2.05) is 42.6 Å². The van der Waals surface area contributed by atoms with Gasteiger partial charge in [-0.1, -0.05) is 47.5 Å². The quantitative estimate of drug-likeness (QED) is 0.464. The molecular formula is C18H15ClN2. The molecule has 104 valence electrons. The van der Waals surface area contributed by atoms with E-state index in [1.165, 1.54) is 16.3 Å². The fourth-order valence-corrected chi connectivity index (χ4v) is 2.45. The van der Waals surface area contributed by atoms with Crippen LogP contribution in [0.4, 0.5) is 0 Å². The number of hydrogen-bond donors (Lipinski definition) is 1. The van der Waals surface area contributed by atoms with Crippen LogP contribution in [0, 0.1) is 6.92 Å². The van der Waals surface area contributed by atoms with Gasteiger partial charge in [-0.25, -0.2) is 0 Å². The number of rotatable bonds is 0. The van der Waals surface area contributed by atoms with E-state index in [4.69, 9.17) is 11.6 Å². The molecule has 0 amide bonds. The summed E-state index contributed by atoms with van der Waals surface area (Å²) in [6, 6.07) is 20.2. The van der Waals surface area contributed by atoms with Crippen LogP contribution in [0.5, 0.6) is 0 Å². The zero-order valence-electron chi connectivity index (χ0n) is 11.7. The van der Waals surface area contributed by atoms with Gasteiger partial charge in [0, 0.05) is 22.5 Å². The SMILES string of the molecule is Cc1ccc2[nH]c(Cl)cc2c1.c1ccc2ncccc2c1. The summed E-state index contributed by atoms with van der Waals surface area (Å²) in [5.74, 6) is 0. The number of pyridine rings is 1. The van der Waals surface area contributed by atoms with Crippen molar-refractivity contribution in [2.75, 3.05) is 0 Å². The molecule has 4 rings (SSSR count). The maximum atomic E-state index is 5.78. The Kier molecular flexibility index (Phi) is 3.89. The molecule has 2 heterocycles. The number of aryl methyl sites for hydroxylation is 1. The van der Waals surface area contributed by atoms with Crippen molar-refractivity contribution in [2.24, 2.45) is 0 Å². The minimum atomic E-state index is 0.700. The average molecular weight is 295 g/mol. The minimum absolute atomic E-state index is 0.700. The third-order valence-corrected chi connectivity index (χ3v) is 3.46. The molecule has 2 aromatic carbocycles. The molecule has 0 spiro atoms. The minimum Gasteiger partial charge on any atom is -0.346 e. The number of hydrogen-bond acceptors (Lipinski definition) is 1. The Balaban J connectivity index is 0.000000126. The first kappa shape index (κ1) is 13.7. The molecule has 0 fully saturated rings. The van der Waals surface area contributed by atoms with E-state index in [0.717, 1.165) is 11.0 Å². The maximum Gasteiger partial charge on any atom is 0.107 e. The number of benzene rings is 2. The van der Waals surface area contributed by atoms with Crippen LogP contribution < -0.4 is 0 Å². The summed E-state index contributed by atoms with van der Waals surface area (Å²) in [6.45, 7) is 2.07. The molecule has 0 aliphatic rings. The van der Waals surface area contributed by atoms with E-state index in [0.29, 0.717) is 5.15 Å². The van der Waals surface area contributed by atoms with E-state index >= 15 is 0 Å². The lowest BCUT2D eigenvalue weighted by molar-refractivity contribution is 1.41. The fourth-order valence-electron chi connectivity index (χ4n) is 2.23. The fraction of sp³-hybridized carbons (Fsp3) is 0.0556. The largest absolute Gasteiger partial charge is 0.346 e. The molecular weight excluding hydrogens is 280 g/mol. The van der Waals surface area contributed by atoms with Crippen LogP contribution in [0.15, 0.2) is 66.9 Å². The van der Waals surface area contributed by atoms with E-state index in [2.05, 4.69) is 41.2 Å². The van der Waals surface area contributed by atoms with Crippen LogP contribution >= 0.6 is 11.6 Å². The highest BCUT2D eigenvalue weighted by molar-refractivity contribution is 6.30. The molecule has 2 nitrogen and oxygen atoms in total. The molecule has 3 heteroatoms. The molecule has 0 aliphatic heterocycles. The zero-order chi connectivity index (χ0) is 14.7. The number of aromatic nitrogens is 2. The van der Waals surface area contributed by atoms with E-state index < -0.39 is 0 Å². The van der Waals surface area contributed by atoms with E-state index in [-0.39, 0.29) is 0 Å². The van der Waals surface area contributed by atoms with Crippen LogP contribution in [-0.2, 0) is 0 Å². The highest BCUT2D eigenvalue weighted by Gasteiger charge is 1.96. The predicted molar refractivity (Wildman–Crippen MR) is 89.8 cm³/mol. The predicted octanol–water partition coefficient (Wildman–Crippen LogP) is 5.36. The van der Waals surface area contributed by atoms with Gasteiger partial charge in [0.1, 0.15) is 5.15 Å². The molecule has 1 N–H and O–H groups in total. The van der Waals surface area contributed by atoms with Crippen molar-refractivity contribution in [3.05, 3.63) is 77.6 Å². The second-order valence-electron chi connectivity index (χ2n) is 4.90. The van der Waals surface area contributed by atoms with Crippen LogP contribution in [0.1, 0.15) is 5.56 Å². The maximum absolute atomic E-state index is 5.78. The van der Waals surface area contributed by atoms with Crippen molar-refractivity contribution in [1.82, 2.24) is 9.97 Å². The number of aromatic amines is 1. The van der Waals surface area contributed by atoms with Gasteiger partial charge in [0.05, 0.1) is 5.52 Å². The van der Waals surface area contributed by atoms with Crippen molar-refractivity contribution in [3.63, 3.8) is 0 Å². The Hall–Kier alpha value is -2.32. The monoisotopic (exact) mass is 294 g/mol. The van der Waals surface area contributed by atoms with Crippen molar-refractivity contribution >= 4 is 33.4 Å². The van der Waals surface area contributed by atoms with Gasteiger partial charge in [0.15, 0.2) is 0 Å². The summed E-state index contributed by atoms with van der Waals surface area (Å²) < 4.78 is 0. The molecule has 0 bridgehead atoms. The Morgan fingerprint density at radius 2 is 1.71 bits per heavy atom. The van der Waals surface area contributed by atoms with Crippen molar-refractivity contribution in [2.45, 2.75) is 6.92 Å². The molecule has 0 saturated carbocycles. The smallest absolute Gasteiger partial charge is 0.107 e. The molecule has 4 aromatic rings. The van der Waals surface area contributed by atoms with Crippen LogP contribution in [-0.4, -0.2) is 9.97 Å². The summed E-state index contributed by atoms with van der Waals surface area (Å²) in [6.07, 6.45) is 1.81. The molecule has 21 heavy (non-hydrogen) atoms. The van der Waals surface area contributed by atoms with Gasteiger partial charge in [-0.15, -0.1) is 0 Å². The lowest BCUT2D eigenvalue weighted by Gasteiger charge is -1.91. The lowest BCUT2D eigenvalue weighted by atomic mass is 10.2. The molecule has 0 atom stereocenters.